The first kappa shape index (κ1) is 21.8. The van der Waals surface area contributed by atoms with Crippen molar-refractivity contribution in [1.82, 2.24) is 25.1 Å². The number of carbonyl (C=O) groups is 2. The van der Waals surface area contributed by atoms with Crippen molar-refractivity contribution in [3.05, 3.63) is 90.0 Å². The van der Waals surface area contributed by atoms with Crippen molar-refractivity contribution in [1.29, 1.82) is 0 Å². The van der Waals surface area contributed by atoms with Crippen LogP contribution in [0, 0.1) is 0 Å². The van der Waals surface area contributed by atoms with Crippen LogP contribution in [0.3, 0.4) is 0 Å². The Bertz CT molecular complexity index is 968. The Morgan fingerprint density at radius 2 is 1.78 bits per heavy atom. The van der Waals surface area contributed by atoms with E-state index in [-0.39, 0.29) is 24.2 Å². The lowest BCUT2D eigenvalue weighted by atomic mass is 9.90. The molecule has 1 saturated heterocycles. The Morgan fingerprint density at radius 1 is 1.12 bits per heavy atom. The van der Waals surface area contributed by atoms with Gasteiger partial charge in [-0.1, -0.05) is 60.7 Å². The number of hydrogen-bond donors (Lipinski definition) is 2. The predicted molar refractivity (Wildman–Crippen MR) is 123 cm³/mol. The van der Waals surface area contributed by atoms with Crippen molar-refractivity contribution in [2.24, 2.45) is 0 Å². The fourth-order valence-corrected chi connectivity index (χ4v) is 4.23. The first-order chi connectivity index (χ1) is 15.6. The molecule has 1 aliphatic rings. The number of piperazine rings is 1. The van der Waals surface area contributed by atoms with Gasteiger partial charge >= 0.3 is 0 Å². The van der Waals surface area contributed by atoms with E-state index in [0.717, 1.165) is 5.82 Å². The maximum Gasteiger partial charge on any atom is 0.237 e. The lowest BCUT2D eigenvalue weighted by molar-refractivity contribution is -0.138. The van der Waals surface area contributed by atoms with Gasteiger partial charge in [0, 0.05) is 45.0 Å². The maximum absolute atomic E-state index is 12.9. The van der Waals surface area contributed by atoms with E-state index >= 15 is 0 Å². The molecule has 0 bridgehead atoms. The lowest BCUT2D eigenvalue weighted by Crippen LogP contribution is -2.57. The van der Waals surface area contributed by atoms with Gasteiger partial charge in [-0.15, -0.1) is 0 Å². The van der Waals surface area contributed by atoms with Crippen LogP contribution in [0.5, 0.6) is 0 Å². The van der Waals surface area contributed by atoms with Gasteiger partial charge in [0.25, 0.3) is 0 Å². The minimum absolute atomic E-state index is 0.0792. The zero-order valence-corrected chi connectivity index (χ0v) is 18.3. The minimum atomic E-state index is -0.495. The summed E-state index contributed by atoms with van der Waals surface area (Å²) in [6.45, 7) is 2.35. The molecule has 7 nitrogen and oxygen atoms in total. The van der Waals surface area contributed by atoms with Crippen LogP contribution in [0.1, 0.15) is 29.3 Å². The third-order valence-electron chi connectivity index (χ3n) is 6.00. The molecule has 0 saturated carbocycles. The number of imidazole rings is 1. The van der Waals surface area contributed by atoms with E-state index in [1.165, 1.54) is 11.1 Å². The van der Waals surface area contributed by atoms with Crippen molar-refractivity contribution in [2.75, 3.05) is 26.7 Å². The van der Waals surface area contributed by atoms with Crippen molar-refractivity contribution in [3.63, 3.8) is 0 Å². The number of nitrogens with one attached hydrogen (secondary N) is 2. The second kappa shape index (κ2) is 10.2. The van der Waals surface area contributed by atoms with Gasteiger partial charge in [-0.3, -0.25) is 14.5 Å². The molecule has 0 aliphatic carbocycles. The number of aromatic amines is 1. The van der Waals surface area contributed by atoms with Gasteiger partial charge in [-0.05, 0) is 11.1 Å². The molecule has 7 heteroatoms. The summed E-state index contributed by atoms with van der Waals surface area (Å²) in [6.07, 6.45) is 3.54. The maximum atomic E-state index is 12.9. The summed E-state index contributed by atoms with van der Waals surface area (Å²) in [6, 6.07) is 20.2. The largest absolute Gasteiger partial charge is 0.353 e. The van der Waals surface area contributed by atoms with Gasteiger partial charge in [-0.2, -0.15) is 0 Å². The number of carbonyl (C=O) groups excluding carboxylic acids is 2. The van der Waals surface area contributed by atoms with Crippen LogP contribution in [0.2, 0.25) is 0 Å². The number of aromatic nitrogens is 2. The smallest absolute Gasteiger partial charge is 0.237 e. The zero-order chi connectivity index (χ0) is 22.3. The molecule has 0 spiro atoms. The van der Waals surface area contributed by atoms with E-state index in [4.69, 9.17) is 0 Å². The Labute approximate surface area is 188 Å². The molecule has 2 N–H and O–H groups in total. The number of hydrogen-bond acceptors (Lipinski definition) is 4. The quantitative estimate of drug-likeness (QED) is 0.574. The first-order valence-corrected chi connectivity index (χ1v) is 11.0. The monoisotopic (exact) mass is 431 g/mol. The van der Waals surface area contributed by atoms with Crippen LogP contribution >= 0.6 is 0 Å². The topological polar surface area (TPSA) is 81.3 Å². The van der Waals surface area contributed by atoms with E-state index in [0.29, 0.717) is 26.2 Å². The van der Waals surface area contributed by atoms with Crippen LogP contribution in [-0.4, -0.2) is 64.3 Å². The van der Waals surface area contributed by atoms with Crippen LogP contribution in [0.25, 0.3) is 0 Å². The highest BCUT2D eigenvalue weighted by molar-refractivity contribution is 5.88. The highest BCUT2D eigenvalue weighted by atomic mass is 16.2. The van der Waals surface area contributed by atoms with E-state index in [2.05, 4.69) is 44.5 Å². The SMILES string of the molecule is CN(Cc1ncc[nH]1)C(=O)CC1C(=O)NCCN1CC(c1ccccc1)c1ccccc1. The molecule has 2 aromatic carbocycles. The average molecular weight is 432 g/mol. The fourth-order valence-electron chi connectivity index (χ4n) is 4.23. The molecular formula is C25H29N5O2. The van der Waals surface area contributed by atoms with Crippen LogP contribution in [0.15, 0.2) is 73.1 Å². The van der Waals surface area contributed by atoms with Crippen LogP contribution in [-0.2, 0) is 16.1 Å². The van der Waals surface area contributed by atoms with Gasteiger partial charge in [-0.25, -0.2) is 4.98 Å². The fraction of sp³-hybridized carbons (Fsp3) is 0.320. The summed E-state index contributed by atoms with van der Waals surface area (Å²) < 4.78 is 0. The van der Waals surface area contributed by atoms with Gasteiger partial charge < -0.3 is 15.2 Å². The zero-order valence-electron chi connectivity index (χ0n) is 18.3. The Balaban J connectivity index is 1.52. The summed E-state index contributed by atoms with van der Waals surface area (Å²) in [5.74, 6) is 0.668. The van der Waals surface area contributed by atoms with Gasteiger partial charge in [0.15, 0.2) is 0 Å². The molecule has 3 aromatic rings. The van der Waals surface area contributed by atoms with E-state index in [9.17, 15) is 9.59 Å². The summed E-state index contributed by atoms with van der Waals surface area (Å²) in [7, 11) is 1.74. The van der Waals surface area contributed by atoms with Gasteiger partial charge in [0.2, 0.25) is 11.8 Å². The summed E-state index contributed by atoms with van der Waals surface area (Å²) in [5, 5.41) is 2.93. The molecule has 0 radical (unpaired) electrons. The van der Waals surface area contributed by atoms with Crippen LogP contribution < -0.4 is 5.32 Å². The molecule has 1 atom stereocenters. The number of nitrogens with zero attached hydrogens (tertiary/aromatic N) is 3. The average Bonchev–Trinajstić information content (AvgIpc) is 3.33. The number of H-pyrrole nitrogens is 1. The third kappa shape index (κ3) is 5.23. The van der Waals surface area contributed by atoms with Crippen molar-refractivity contribution in [3.8, 4) is 0 Å². The summed E-state index contributed by atoms with van der Waals surface area (Å²) in [4.78, 5) is 36.7. The number of amides is 2. The minimum Gasteiger partial charge on any atom is -0.353 e. The van der Waals surface area contributed by atoms with Gasteiger partial charge in [0.1, 0.15) is 5.82 Å². The Kier molecular flexibility index (Phi) is 6.97. The molecule has 166 valence electrons. The lowest BCUT2D eigenvalue weighted by Gasteiger charge is -2.37. The highest BCUT2D eigenvalue weighted by Gasteiger charge is 2.34. The molecule has 2 amide bonds. The molecule has 2 heterocycles. The Morgan fingerprint density at radius 3 is 2.38 bits per heavy atom. The summed E-state index contributed by atoms with van der Waals surface area (Å²) >= 11 is 0. The van der Waals surface area contributed by atoms with E-state index in [1.54, 1.807) is 24.3 Å². The van der Waals surface area contributed by atoms with Crippen molar-refractivity contribution in [2.45, 2.75) is 24.9 Å². The van der Waals surface area contributed by atoms with Crippen molar-refractivity contribution >= 4 is 11.8 Å². The number of rotatable bonds is 8. The molecule has 1 unspecified atom stereocenters. The van der Waals surface area contributed by atoms with Crippen molar-refractivity contribution < 1.29 is 9.59 Å². The molecule has 1 fully saturated rings. The summed E-state index contributed by atoms with van der Waals surface area (Å²) in [5.41, 5.74) is 2.40. The predicted octanol–water partition coefficient (Wildman–Crippen LogP) is 2.39. The molecule has 32 heavy (non-hydrogen) atoms. The molecule has 1 aromatic heterocycles. The van der Waals surface area contributed by atoms with E-state index < -0.39 is 6.04 Å². The standard InChI is InChI=1S/C25H29N5O2/c1-29(18-23-26-12-13-27-23)24(31)16-22-25(32)28-14-15-30(22)17-21(19-8-4-2-5-9-19)20-10-6-3-7-11-20/h2-13,21-22H,14-18H2,1H3,(H,26,27)(H,28,32). The molecule has 4 rings (SSSR count). The molecule has 1 aliphatic heterocycles. The normalized spacial score (nSPS) is 16.7. The first-order valence-electron chi connectivity index (χ1n) is 11.0. The van der Waals surface area contributed by atoms with Gasteiger partial charge in [0.05, 0.1) is 19.0 Å². The third-order valence-corrected chi connectivity index (χ3v) is 6.00. The van der Waals surface area contributed by atoms with Crippen LogP contribution in [0.4, 0.5) is 0 Å². The highest BCUT2D eigenvalue weighted by Crippen LogP contribution is 2.27. The second-order valence-electron chi connectivity index (χ2n) is 8.17. The molecular weight excluding hydrogens is 402 g/mol. The van der Waals surface area contributed by atoms with E-state index in [1.807, 2.05) is 36.4 Å². The second-order valence-corrected chi connectivity index (χ2v) is 8.17. The number of benzene rings is 2. The Hall–Kier alpha value is -3.45.